The Bertz CT molecular complexity index is 608. The summed E-state index contributed by atoms with van der Waals surface area (Å²) in [5.41, 5.74) is 6.26. The predicted octanol–water partition coefficient (Wildman–Crippen LogP) is 1.37. The minimum Gasteiger partial charge on any atom is -0.493 e. The smallest absolute Gasteiger partial charge is 0.240 e. The molecule has 2 heterocycles. The van der Waals surface area contributed by atoms with Crippen molar-refractivity contribution in [3.63, 3.8) is 0 Å². The van der Waals surface area contributed by atoms with E-state index in [0.29, 0.717) is 29.8 Å². The zero-order chi connectivity index (χ0) is 14.7. The highest BCUT2D eigenvalue weighted by atomic mass is 16.6. The van der Waals surface area contributed by atoms with Crippen molar-refractivity contribution in [1.29, 1.82) is 0 Å². The van der Waals surface area contributed by atoms with Gasteiger partial charge in [0.1, 0.15) is 6.10 Å². The maximum Gasteiger partial charge on any atom is 0.240 e. The van der Waals surface area contributed by atoms with Crippen molar-refractivity contribution < 1.29 is 18.7 Å². The van der Waals surface area contributed by atoms with E-state index in [1.165, 1.54) is 0 Å². The fraction of sp³-hybridized carbons (Fsp3) is 0.429. The summed E-state index contributed by atoms with van der Waals surface area (Å²) in [6.45, 7) is 1.52. The lowest BCUT2D eigenvalue weighted by Crippen LogP contribution is -2.16. The summed E-state index contributed by atoms with van der Waals surface area (Å²) in [4.78, 5) is 4.20. The van der Waals surface area contributed by atoms with E-state index in [4.69, 9.17) is 24.5 Å². The van der Waals surface area contributed by atoms with Crippen molar-refractivity contribution in [1.82, 2.24) is 10.1 Å². The molecule has 0 saturated carbocycles. The van der Waals surface area contributed by atoms with Gasteiger partial charge in [-0.25, -0.2) is 0 Å². The Labute approximate surface area is 122 Å². The van der Waals surface area contributed by atoms with Crippen molar-refractivity contribution >= 4 is 0 Å². The number of benzene rings is 1. The van der Waals surface area contributed by atoms with Gasteiger partial charge in [0.05, 0.1) is 26.9 Å². The SMILES string of the molecule is COc1ccc(-c2noc(CN)n2)cc1OC1CCOC1. The van der Waals surface area contributed by atoms with Gasteiger partial charge in [0, 0.05) is 12.0 Å². The molecule has 1 unspecified atom stereocenters. The molecule has 7 heteroatoms. The molecule has 1 aliphatic rings. The Morgan fingerprint density at radius 1 is 1.38 bits per heavy atom. The fourth-order valence-corrected chi connectivity index (χ4v) is 2.15. The molecule has 1 aromatic carbocycles. The van der Waals surface area contributed by atoms with Crippen molar-refractivity contribution in [2.45, 2.75) is 19.1 Å². The molecule has 21 heavy (non-hydrogen) atoms. The second kappa shape index (κ2) is 6.11. The largest absolute Gasteiger partial charge is 0.493 e. The molecule has 1 saturated heterocycles. The van der Waals surface area contributed by atoms with Crippen LogP contribution in [0.4, 0.5) is 0 Å². The summed E-state index contributed by atoms with van der Waals surface area (Å²) >= 11 is 0. The Morgan fingerprint density at radius 3 is 2.95 bits per heavy atom. The highest BCUT2D eigenvalue weighted by molar-refractivity contribution is 5.60. The molecule has 7 nitrogen and oxygen atoms in total. The van der Waals surface area contributed by atoms with Crippen LogP contribution in [0, 0.1) is 0 Å². The molecule has 1 aromatic heterocycles. The number of nitrogens with zero attached hydrogens (tertiary/aromatic N) is 2. The van der Waals surface area contributed by atoms with Gasteiger partial charge in [-0.05, 0) is 18.2 Å². The van der Waals surface area contributed by atoms with Crippen LogP contribution in [0.3, 0.4) is 0 Å². The third-order valence-corrected chi connectivity index (χ3v) is 3.25. The summed E-state index contributed by atoms with van der Waals surface area (Å²) in [6.07, 6.45) is 0.909. The molecule has 0 spiro atoms. The zero-order valence-corrected chi connectivity index (χ0v) is 11.7. The molecule has 0 radical (unpaired) electrons. The van der Waals surface area contributed by atoms with Gasteiger partial charge in [0.2, 0.25) is 11.7 Å². The van der Waals surface area contributed by atoms with Gasteiger partial charge in [0.15, 0.2) is 11.5 Å². The number of rotatable bonds is 5. The second-order valence-electron chi connectivity index (χ2n) is 4.68. The minimum atomic E-state index is 0.0408. The summed E-state index contributed by atoms with van der Waals surface area (Å²) < 4.78 is 21.6. The molecule has 112 valence electrons. The molecule has 1 aliphatic heterocycles. The van der Waals surface area contributed by atoms with Crippen LogP contribution in [-0.2, 0) is 11.3 Å². The average molecular weight is 291 g/mol. The van der Waals surface area contributed by atoms with E-state index in [9.17, 15) is 0 Å². The van der Waals surface area contributed by atoms with E-state index in [0.717, 1.165) is 18.6 Å². The van der Waals surface area contributed by atoms with Crippen LogP contribution in [0.5, 0.6) is 11.5 Å². The number of aromatic nitrogens is 2. The van der Waals surface area contributed by atoms with E-state index in [-0.39, 0.29) is 12.6 Å². The molecule has 2 N–H and O–H groups in total. The minimum absolute atomic E-state index is 0.0408. The second-order valence-corrected chi connectivity index (χ2v) is 4.68. The number of nitrogens with two attached hydrogens (primary N) is 1. The lowest BCUT2D eigenvalue weighted by molar-refractivity contribution is 0.138. The van der Waals surface area contributed by atoms with Crippen LogP contribution in [-0.4, -0.2) is 36.6 Å². The Hall–Kier alpha value is -2.12. The zero-order valence-electron chi connectivity index (χ0n) is 11.7. The first kappa shape index (κ1) is 13.8. The number of methoxy groups -OCH3 is 1. The van der Waals surface area contributed by atoms with Crippen LogP contribution in [0.25, 0.3) is 11.4 Å². The summed E-state index contributed by atoms with van der Waals surface area (Å²) in [7, 11) is 1.61. The molecular weight excluding hydrogens is 274 g/mol. The van der Waals surface area contributed by atoms with E-state index in [2.05, 4.69) is 10.1 Å². The number of hydrogen-bond donors (Lipinski definition) is 1. The monoisotopic (exact) mass is 291 g/mol. The molecule has 3 rings (SSSR count). The highest BCUT2D eigenvalue weighted by Gasteiger charge is 2.20. The van der Waals surface area contributed by atoms with Crippen molar-refractivity contribution in [3.05, 3.63) is 24.1 Å². The molecule has 0 bridgehead atoms. The van der Waals surface area contributed by atoms with Crippen LogP contribution < -0.4 is 15.2 Å². The van der Waals surface area contributed by atoms with Crippen LogP contribution in [0.2, 0.25) is 0 Å². The Morgan fingerprint density at radius 2 is 2.29 bits per heavy atom. The van der Waals surface area contributed by atoms with E-state index >= 15 is 0 Å². The van der Waals surface area contributed by atoms with Gasteiger partial charge in [-0.15, -0.1) is 0 Å². The van der Waals surface area contributed by atoms with Gasteiger partial charge in [-0.3, -0.25) is 0 Å². The van der Waals surface area contributed by atoms with E-state index in [1.54, 1.807) is 7.11 Å². The topological polar surface area (TPSA) is 92.6 Å². The third-order valence-electron chi connectivity index (χ3n) is 3.25. The van der Waals surface area contributed by atoms with Gasteiger partial charge in [-0.1, -0.05) is 5.16 Å². The first-order valence-corrected chi connectivity index (χ1v) is 6.75. The van der Waals surface area contributed by atoms with Gasteiger partial charge < -0.3 is 24.5 Å². The lowest BCUT2D eigenvalue weighted by Gasteiger charge is -2.15. The van der Waals surface area contributed by atoms with E-state index < -0.39 is 0 Å². The van der Waals surface area contributed by atoms with Gasteiger partial charge >= 0.3 is 0 Å². The Balaban J connectivity index is 1.87. The van der Waals surface area contributed by atoms with Gasteiger partial charge in [-0.2, -0.15) is 4.98 Å². The molecule has 2 aromatic rings. The van der Waals surface area contributed by atoms with Crippen LogP contribution in [0.15, 0.2) is 22.7 Å². The maximum absolute atomic E-state index is 5.93. The van der Waals surface area contributed by atoms with Crippen LogP contribution in [0.1, 0.15) is 12.3 Å². The first-order chi connectivity index (χ1) is 10.3. The van der Waals surface area contributed by atoms with Crippen molar-refractivity contribution in [2.24, 2.45) is 5.73 Å². The fourth-order valence-electron chi connectivity index (χ4n) is 2.15. The standard InChI is InChI=1S/C14H17N3O4/c1-18-11-3-2-9(14-16-13(7-15)21-17-14)6-12(11)20-10-4-5-19-8-10/h2-3,6,10H,4-5,7-8,15H2,1H3. The number of ether oxygens (including phenoxy) is 3. The summed E-state index contributed by atoms with van der Waals surface area (Å²) in [5, 5.41) is 3.90. The Kier molecular flexibility index (Phi) is 4.03. The molecule has 1 fully saturated rings. The summed E-state index contributed by atoms with van der Waals surface area (Å²) in [5.74, 6) is 2.18. The third kappa shape index (κ3) is 2.98. The maximum atomic E-state index is 5.93. The van der Waals surface area contributed by atoms with E-state index in [1.807, 2.05) is 18.2 Å². The summed E-state index contributed by atoms with van der Waals surface area (Å²) in [6, 6.07) is 5.50. The van der Waals surface area contributed by atoms with Crippen LogP contribution >= 0.6 is 0 Å². The normalized spacial score (nSPS) is 17.9. The average Bonchev–Trinajstić information content (AvgIpc) is 3.18. The van der Waals surface area contributed by atoms with Gasteiger partial charge in [0.25, 0.3) is 0 Å². The quantitative estimate of drug-likeness (QED) is 0.889. The first-order valence-electron chi connectivity index (χ1n) is 6.75. The molecular formula is C14H17N3O4. The number of hydrogen-bond acceptors (Lipinski definition) is 7. The molecule has 0 amide bonds. The lowest BCUT2D eigenvalue weighted by atomic mass is 10.2. The predicted molar refractivity (Wildman–Crippen MR) is 74.0 cm³/mol. The highest BCUT2D eigenvalue weighted by Crippen LogP contribution is 2.33. The molecule has 0 aliphatic carbocycles. The van der Waals surface area contributed by atoms with Crippen molar-refractivity contribution in [2.75, 3.05) is 20.3 Å². The van der Waals surface area contributed by atoms with Crippen molar-refractivity contribution in [3.8, 4) is 22.9 Å². The molecule has 1 atom stereocenters.